The van der Waals surface area contributed by atoms with Crippen molar-refractivity contribution in [1.82, 2.24) is 5.32 Å². The Labute approximate surface area is 145 Å². The van der Waals surface area contributed by atoms with Crippen molar-refractivity contribution in [2.24, 2.45) is 0 Å². The van der Waals surface area contributed by atoms with Crippen LogP contribution in [0.4, 0.5) is 0 Å². The van der Waals surface area contributed by atoms with Crippen LogP contribution in [0.3, 0.4) is 0 Å². The molecule has 2 rings (SSSR count). The van der Waals surface area contributed by atoms with Gasteiger partial charge in [0.2, 0.25) is 0 Å². The second-order valence-electron chi connectivity index (χ2n) is 4.70. The average Bonchev–Trinajstić information content (AvgIpc) is 2.51. The molecule has 1 N–H and O–H groups in total. The van der Waals surface area contributed by atoms with Crippen molar-refractivity contribution in [1.29, 1.82) is 0 Å². The fourth-order valence-corrected chi connectivity index (χ4v) is 3.09. The highest BCUT2D eigenvalue weighted by molar-refractivity contribution is 7.98. The van der Waals surface area contributed by atoms with Crippen molar-refractivity contribution in [2.75, 3.05) is 6.26 Å². The van der Waals surface area contributed by atoms with Gasteiger partial charge in [-0.2, -0.15) is 0 Å². The molecule has 0 amide bonds. The highest BCUT2D eigenvalue weighted by atomic mass is 35.5. The third-order valence-corrected chi connectivity index (χ3v) is 5.28. The number of thioether (sulfide) groups is 1. The van der Waals surface area contributed by atoms with Crippen LogP contribution in [0, 0.1) is 0 Å². The predicted octanol–water partition coefficient (Wildman–Crippen LogP) is 6.22. The molecule has 112 valence electrons. The van der Waals surface area contributed by atoms with Crippen molar-refractivity contribution >= 4 is 46.6 Å². The standard InChI is InChI=1S/C16H16Cl3NS/c1-10(11-3-5-12(21-2)6-4-11)20-9-13-14(17)7-8-15(18)16(13)19/h3-8,10,20H,9H2,1-2H3. The molecule has 0 heterocycles. The zero-order valence-corrected chi connectivity index (χ0v) is 14.9. The molecule has 0 aromatic heterocycles. The van der Waals surface area contributed by atoms with Gasteiger partial charge in [0.1, 0.15) is 0 Å². The SMILES string of the molecule is CSc1ccc(C(C)NCc2c(Cl)ccc(Cl)c2Cl)cc1. The number of hydrogen-bond acceptors (Lipinski definition) is 2. The molecule has 0 saturated heterocycles. The molecule has 0 aliphatic carbocycles. The summed E-state index contributed by atoms with van der Waals surface area (Å²) in [5.74, 6) is 0. The molecule has 0 radical (unpaired) electrons. The van der Waals surface area contributed by atoms with Crippen LogP contribution in [0.25, 0.3) is 0 Å². The fraction of sp³-hybridized carbons (Fsp3) is 0.250. The summed E-state index contributed by atoms with van der Waals surface area (Å²) >= 11 is 20.2. The lowest BCUT2D eigenvalue weighted by molar-refractivity contribution is 0.574. The van der Waals surface area contributed by atoms with E-state index in [1.165, 1.54) is 10.5 Å². The van der Waals surface area contributed by atoms with Gasteiger partial charge in [-0.15, -0.1) is 11.8 Å². The first kappa shape index (κ1) is 17.0. The van der Waals surface area contributed by atoms with E-state index in [-0.39, 0.29) is 6.04 Å². The minimum absolute atomic E-state index is 0.201. The lowest BCUT2D eigenvalue weighted by atomic mass is 10.1. The van der Waals surface area contributed by atoms with Gasteiger partial charge < -0.3 is 5.32 Å². The molecule has 0 aliphatic rings. The Balaban J connectivity index is 2.07. The quantitative estimate of drug-likeness (QED) is 0.502. The number of hydrogen-bond donors (Lipinski definition) is 1. The maximum absolute atomic E-state index is 6.21. The summed E-state index contributed by atoms with van der Waals surface area (Å²) < 4.78 is 0. The van der Waals surface area contributed by atoms with Gasteiger partial charge in [-0.05, 0) is 43.0 Å². The molecule has 0 fully saturated rings. The summed E-state index contributed by atoms with van der Waals surface area (Å²) in [4.78, 5) is 1.26. The maximum Gasteiger partial charge on any atom is 0.0652 e. The normalized spacial score (nSPS) is 12.4. The van der Waals surface area contributed by atoms with E-state index in [2.05, 4.69) is 42.8 Å². The van der Waals surface area contributed by atoms with Crippen LogP contribution in [0.15, 0.2) is 41.3 Å². The monoisotopic (exact) mass is 359 g/mol. The van der Waals surface area contributed by atoms with Crippen molar-refractivity contribution in [2.45, 2.75) is 24.4 Å². The van der Waals surface area contributed by atoms with Gasteiger partial charge >= 0.3 is 0 Å². The van der Waals surface area contributed by atoms with Gasteiger partial charge in [-0.3, -0.25) is 0 Å². The Morgan fingerprint density at radius 3 is 2.24 bits per heavy atom. The second-order valence-corrected chi connectivity index (χ2v) is 6.77. The number of rotatable bonds is 5. The van der Waals surface area contributed by atoms with E-state index >= 15 is 0 Å². The first-order chi connectivity index (χ1) is 10.0. The zero-order chi connectivity index (χ0) is 15.4. The van der Waals surface area contributed by atoms with Crippen LogP contribution in [-0.4, -0.2) is 6.26 Å². The molecule has 1 unspecified atom stereocenters. The summed E-state index contributed by atoms with van der Waals surface area (Å²) in [6.07, 6.45) is 2.07. The van der Waals surface area contributed by atoms with E-state index in [1.807, 2.05) is 0 Å². The first-order valence-corrected chi connectivity index (χ1v) is 8.88. The summed E-state index contributed by atoms with van der Waals surface area (Å²) in [6.45, 7) is 2.68. The van der Waals surface area contributed by atoms with Gasteiger partial charge in [0.15, 0.2) is 0 Å². The smallest absolute Gasteiger partial charge is 0.0652 e. The number of nitrogens with one attached hydrogen (secondary N) is 1. The molecule has 0 spiro atoms. The number of benzene rings is 2. The van der Waals surface area contributed by atoms with E-state index in [0.717, 1.165) is 5.56 Å². The summed E-state index contributed by atoms with van der Waals surface area (Å²) in [7, 11) is 0. The van der Waals surface area contributed by atoms with Gasteiger partial charge in [-0.1, -0.05) is 46.9 Å². The van der Waals surface area contributed by atoms with Crippen LogP contribution in [0.1, 0.15) is 24.1 Å². The summed E-state index contributed by atoms with van der Waals surface area (Å²) in [5.41, 5.74) is 2.06. The lowest BCUT2D eigenvalue weighted by Gasteiger charge is -2.16. The zero-order valence-electron chi connectivity index (χ0n) is 11.8. The average molecular weight is 361 g/mol. The summed E-state index contributed by atoms with van der Waals surface area (Å²) in [6, 6.07) is 12.2. The molecule has 0 saturated carbocycles. The molecule has 0 bridgehead atoms. The largest absolute Gasteiger partial charge is 0.306 e. The molecule has 2 aromatic rings. The fourth-order valence-electron chi connectivity index (χ4n) is 2.00. The van der Waals surface area contributed by atoms with E-state index in [4.69, 9.17) is 34.8 Å². The Kier molecular flexibility index (Phi) is 6.27. The Bertz CT molecular complexity index is 614. The van der Waals surface area contributed by atoms with Crippen molar-refractivity contribution < 1.29 is 0 Å². The lowest BCUT2D eigenvalue weighted by Crippen LogP contribution is -2.18. The maximum atomic E-state index is 6.21. The predicted molar refractivity (Wildman–Crippen MR) is 94.9 cm³/mol. The van der Waals surface area contributed by atoms with Gasteiger partial charge in [-0.25, -0.2) is 0 Å². The Hall–Kier alpha value is -0.380. The third kappa shape index (κ3) is 4.30. The van der Waals surface area contributed by atoms with Crippen molar-refractivity contribution in [3.63, 3.8) is 0 Å². The minimum Gasteiger partial charge on any atom is -0.306 e. The van der Waals surface area contributed by atoms with E-state index in [1.54, 1.807) is 23.9 Å². The van der Waals surface area contributed by atoms with Crippen molar-refractivity contribution in [3.05, 3.63) is 62.6 Å². The molecule has 21 heavy (non-hydrogen) atoms. The molecular weight excluding hydrogens is 345 g/mol. The van der Waals surface area contributed by atoms with E-state index in [9.17, 15) is 0 Å². The molecule has 1 nitrogen and oxygen atoms in total. The first-order valence-electron chi connectivity index (χ1n) is 6.52. The molecule has 5 heteroatoms. The highest BCUT2D eigenvalue weighted by Crippen LogP contribution is 2.31. The van der Waals surface area contributed by atoms with E-state index in [0.29, 0.717) is 21.6 Å². The topological polar surface area (TPSA) is 12.0 Å². The summed E-state index contributed by atoms with van der Waals surface area (Å²) in [5, 5.41) is 5.09. The van der Waals surface area contributed by atoms with Gasteiger partial charge in [0.05, 0.1) is 10.0 Å². The Morgan fingerprint density at radius 2 is 1.62 bits per heavy atom. The van der Waals surface area contributed by atoms with Crippen molar-refractivity contribution in [3.8, 4) is 0 Å². The van der Waals surface area contributed by atoms with Gasteiger partial charge in [0, 0.05) is 28.1 Å². The highest BCUT2D eigenvalue weighted by Gasteiger charge is 2.11. The van der Waals surface area contributed by atoms with Crippen LogP contribution in [0.2, 0.25) is 15.1 Å². The third-order valence-electron chi connectivity index (χ3n) is 3.34. The molecule has 2 aromatic carbocycles. The second kappa shape index (κ2) is 7.75. The van der Waals surface area contributed by atoms with Crippen LogP contribution >= 0.6 is 46.6 Å². The minimum atomic E-state index is 0.201. The van der Waals surface area contributed by atoms with Crippen LogP contribution in [0.5, 0.6) is 0 Å². The van der Waals surface area contributed by atoms with Gasteiger partial charge in [0.25, 0.3) is 0 Å². The Morgan fingerprint density at radius 1 is 1.00 bits per heavy atom. The van der Waals surface area contributed by atoms with Crippen LogP contribution in [-0.2, 0) is 6.54 Å². The molecule has 0 aliphatic heterocycles. The van der Waals surface area contributed by atoms with Crippen LogP contribution < -0.4 is 5.32 Å². The van der Waals surface area contributed by atoms with E-state index < -0.39 is 0 Å². The molecule has 1 atom stereocenters. The molecular formula is C16H16Cl3NS. The number of halogens is 3.